The van der Waals surface area contributed by atoms with Gasteiger partial charge in [0.2, 0.25) is 0 Å². The number of carbonyl (C=O) groups excluding carboxylic acids is 1. The topological polar surface area (TPSA) is 84.9 Å². The van der Waals surface area contributed by atoms with Crippen LogP contribution in [0.1, 0.15) is 15.9 Å². The Kier molecular flexibility index (Phi) is 6.02. The van der Waals surface area contributed by atoms with Gasteiger partial charge in [0, 0.05) is 0 Å². The molecule has 11 heteroatoms. The number of ether oxygens (including phenoxy) is 1. The van der Waals surface area contributed by atoms with Crippen LogP contribution >= 0.6 is 23.1 Å². The number of para-hydroxylation sites is 1. The van der Waals surface area contributed by atoms with Crippen LogP contribution in [0.15, 0.2) is 57.8 Å². The molecule has 0 aliphatic rings. The highest BCUT2D eigenvalue weighted by Gasteiger charge is 2.35. The maximum Gasteiger partial charge on any atom is 0.417 e. The Morgan fingerprint density at radius 3 is 2.66 bits per heavy atom. The van der Waals surface area contributed by atoms with Crippen molar-refractivity contribution >= 4 is 39.9 Å². The summed E-state index contributed by atoms with van der Waals surface area (Å²) in [5.41, 5.74) is -2.00. The number of methoxy groups -OCH3 is 1. The van der Waals surface area contributed by atoms with Crippen LogP contribution in [-0.4, -0.2) is 33.6 Å². The van der Waals surface area contributed by atoms with Crippen LogP contribution in [-0.2, 0) is 6.18 Å². The summed E-state index contributed by atoms with van der Waals surface area (Å²) in [6.45, 7) is 0. The third-order valence-electron chi connectivity index (χ3n) is 4.48. The number of halogens is 3. The Balaban J connectivity index is 1.73. The SMILES string of the molecule is COc1ccccc1C(=O)CSc1nc2nc(-c3cccs3)cc(C(F)(F)F)c2c(=O)[nH]1. The quantitative estimate of drug-likeness (QED) is 0.238. The number of alkyl halides is 3. The molecule has 0 unspecified atom stereocenters. The zero-order chi connectivity index (χ0) is 22.9. The molecule has 1 N–H and O–H groups in total. The maximum atomic E-state index is 13.7. The van der Waals surface area contributed by atoms with Crippen molar-refractivity contribution in [2.24, 2.45) is 0 Å². The number of Topliss-reactive ketones (excluding diaryl/α,β-unsaturated/α-hetero) is 1. The van der Waals surface area contributed by atoms with Gasteiger partial charge in [0.05, 0.1) is 39.9 Å². The first-order valence-corrected chi connectivity index (χ1v) is 11.0. The number of carbonyl (C=O) groups is 1. The molecule has 0 aliphatic carbocycles. The number of benzene rings is 1. The Morgan fingerprint density at radius 1 is 1.19 bits per heavy atom. The lowest BCUT2D eigenvalue weighted by molar-refractivity contribution is -0.136. The molecule has 1 aromatic carbocycles. The van der Waals surface area contributed by atoms with Gasteiger partial charge in [0.1, 0.15) is 5.75 Å². The molecule has 0 spiro atoms. The van der Waals surface area contributed by atoms with E-state index in [4.69, 9.17) is 4.74 Å². The van der Waals surface area contributed by atoms with Crippen molar-refractivity contribution in [3.05, 3.63) is 69.3 Å². The minimum Gasteiger partial charge on any atom is -0.496 e. The fourth-order valence-electron chi connectivity index (χ4n) is 3.05. The molecule has 0 saturated heterocycles. The lowest BCUT2D eigenvalue weighted by Gasteiger charge is -2.12. The monoisotopic (exact) mass is 477 g/mol. The van der Waals surface area contributed by atoms with Gasteiger partial charge >= 0.3 is 6.18 Å². The number of nitrogens with zero attached hydrogens (tertiary/aromatic N) is 2. The lowest BCUT2D eigenvalue weighted by Crippen LogP contribution is -2.17. The molecule has 4 aromatic rings. The summed E-state index contributed by atoms with van der Waals surface area (Å²) in [6.07, 6.45) is -4.77. The van der Waals surface area contributed by atoms with E-state index in [0.717, 1.165) is 17.8 Å². The number of aromatic amines is 1. The van der Waals surface area contributed by atoms with Crippen molar-refractivity contribution in [3.63, 3.8) is 0 Å². The first-order valence-electron chi connectivity index (χ1n) is 9.13. The van der Waals surface area contributed by atoms with Gasteiger partial charge < -0.3 is 9.72 Å². The van der Waals surface area contributed by atoms with Gasteiger partial charge in [-0.3, -0.25) is 9.59 Å². The molecule has 0 fully saturated rings. The van der Waals surface area contributed by atoms with Crippen molar-refractivity contribution in [3.8, 4) is 16.3 Å². The standard InChI is InChI=1S/C21H14F3N3O3S2/c1-30-15-6-3-2-5-11(15)14(28)10-32-20-26-18-17(19(29)27-20)12(21(22,23)24)9-13(25-18)16-7-4-8-31-16/h2-9H,10H2,1H3,(H,25,26,27,29). The molecule has 6 nitrogen and oxygen atoms in total. The number of hydrogen-bond acceptors (Lipinski definition) is 7. The van der Waals surface area contributed by atoms with Crippen molar-refractivity contribution in [2.45, 2.75) is 11.3 Å². The molecule has 0 amide bonds. The first kappa shape index (κ1) is 22.0. The molecular weight excluding hydrogens is 463 g/mol. The number of pyridine rings is 1. The van der Waals surface area contributed by atoms with Gasteiger partial charge in [-0.15, -0.1) is 11.3 Å². The number of thiophene rings is 1. The Hall–Kier alpha value is -3.18. The number of nitrogens with one attached hydrogen (secondary N) is 1. The van der Waals surface area contributed by atoms with E-state index in [1.807, 2.05) is 0 Å². The molecule has 0 aliphatic heterocycles. The minimum absolute atomic E-state index is 0.00491. The number of aromatic nitrogens is 3. The maximum absolute atomic E-state index is 13.7. The van der Waals surface area contributed by atoms with E-state index >= 15 is 0 Å². The Labute approximate surface area is 187 Å². The normalized spacial score (nSPS) is 11.6. The molecule has 0 bridgehead atoms. The summed E-state index contributed by atoms with van der Waals surface area (Å²) >= 11 is 2.12. The first-order chi connectivity index (χ1) is 15.3. The van der Waals surface area contributed by atoms with Crippen LogP contribution in [0.25, 0.3) is 21.6 Å². The predicted octanol–water partition coefficient (Wildman–Crippen LogP) is 5.05. The van der Waals surface area contributed by atoms with E-state index in [9.17, 15) is 22.8 Å². The van der Waals surface area contributed by atoms with E-state index in [1.54, 1.807) is 41.8 Å². The van der Waals surface area contributed by atoms with Gasteiger partial charge in [0.15, 0.2) is 16.6 Å². The highest BCUT2D eigenvalue weighted by Crippen LogP contribution is 2.36. The summed E-state index contributed by atoms with van der Waals surface area (Å²) in [6, 6.07) is 10.8. The van der Waals surface area contributed by atoms with Gasteiger partial charge in [-0.2, -0.15) is 13.2 Å². The van der Waals surface area contributed by atoms with Crippen LogP contribution in [0.2, 0.25) is 0 Å². The van der Waals surface area contributed by atoms with Crippen LogP contribution in [0.3, 0.4) is 0 Å². The third-order valence-corrected chi connectivity index (χ3v) is 6.25. The van der Waals surface area contributed by atoms with E-state index in [0.29, 0.717) is 16.2 Å². The van der Waals surface area contributed by atoms with E-state index in [1.165, 1.54) is 18.4 Å². The molecule has 0 radical (unpaired) electrons. The average molecular weight is 477 g/mol. The van der Waals surface area contributed by atoms with Crippen molar-refractivity contribution in [1.29, 1.82) is 0 Å². The number of ketones is 1. The zero-order valence-electron chi connectivity index (χ0n) is 16.4. The number of hydrogen-bond donors (Lipinski definition) is 1. The predicted molar refractivity (Wildman–Crippen MR) is 117 cm³/mol. The molecule has 3 heterocycles. The second-order valence-corrected chi connectivity index (χ2v) is 8.42. The van der Waals surface area contributed by atoms with Gasteiger partial charge in [-0.25, -0.2) is 9.97 Å². The average Bonchev–Trinajstić information content (AvgIpc) is 3.31. The summed E-state index contributed by atoms with van der Waals surface area (Å²) in [7, 11) is 1.44. The number of rotatable bonds is 6. The lowest BCUT2D eigenvalue weighted by atomic mass is 10.1. The molecule has 32 heavy (non-hydrogen) atoms. The van der Waals surface area contributed by atoms with E-state index in [-0.39, 0.29) is 28.0 Å². The Bertz CT molecular complexity index is 1350. The second-order valence-electron chi connectivity index (χ2n) is 6.51. The number of H-pyrrole nitrogens is 1. The van der Waals surface area contributed by atoms with Crippen LogP contribution < -0.4 is 10.3 Å². The molecule has 3 aromatic heterocycles. The Morgan fingerprint density at radius 2 is 1.97 bits per heavy atom. The van der Waals surface area contributed by atoms with Crippen LogP contribution in [0, 0.1) is 0 Å². The number of thioether (sulfide) groups is 1. The van der Waals surface area contributed by atoms with Crippen molar-refractivity contribution < 1.29 is 22.7 Å². The summed E-state index contributed by atoms with van der Waals surface area (Å²) < 4.78 is 46.2. The molecule has 4 rings (SSSR count). The highest BCUT2D eigenvalue weighted by atomic mass is 32.2. The summed E-state index contributed by atoms with van der Waals surface area (Å²) in [5, 5.41) is 1.07. The van der Waals surface area contributed by atoms with Crippen LogP contribution in [0.5, 0.6) is 5.75 Å². The smallest absolute Gasteiger partial charge is 0.417 e. The van der Waals surface area contributed by atoms with Crippen LogP contribution in [0.4, 0.5) is 13.2 Å². The summed E-state index contributed by atoms with van der Waals surface area (Å²) in [4.78, 5) is 36.2. The van der Waals surface area contributed by atoms with Crippen molar-refractivity contribution in [1.82, 2.24) is 15.0 Å². The van der Waals surface area contributed by atoms with E-state index < -0.39 is 22.7 Å². The van der Waals surface area contributed by atoms with Gasteiger partial charge in [-0.05, 0) is 29.6 Å². The molecular formula is C21H14F3N3O3S2. The molecule has 0 atom stereocenters. The second kappa shape index (κ2) is 8.75. The summed E-state index contributed by atoms with van der Waals surface area (Å²) in [5.74, 6) is 0.00701. The largest absolute Gasteiger partial charge is 0.496 e. The minimum atomic E-state index is -4.77. The van der Waals surface area contributed by atoms with Gasteiger partial charge in [0.25, 0.3) is 5.56 Å². The number of fused-ring (bicyclic) bond motifs is 1. The molecule has 164 valence electrons. The molecule has 0 saturated carbocycles. The fourth-order valence-corrected chi connectivity index (χ4v) is 4.47. The fraction of sp³-hybridized carbons (Fsp3) is 0.143. The van der Waals surface area contributed by atoms with Gasteiger partial charge in [-0.1, -0.05) is 30.0 Å². The van der Waals surface area contributed by atoms with Crippen molar-refractivity contribution in [2.75, 3.05) is 12.9 Å². The zero-order valence-corrected chi connectivity index (χ0v) is 18.0. The third kappa shape index (κ3) is 4.39. The highest BCUT2D eigenvalue weighted by molar-refractivity contribution is 7.99. The van der Waals surface area contributed by atoms with E-state index in [2.05, 4.69) is 15.0 Å².